The molecule has 3 heterocycles. The van der Waals surface area contributed by atoms with Gasteiger partial charge in [0, 0.05) is 37.8 Å². The number of thiazole rings is 1. The van der Waals surface area contributed by atoms with Gasteiger partial charge >= 0.3 is 0 Å². The van der Waals surface area contributed by atoms with Gasteiger partial charge in [-0.3, -0.25) is 4.79 Å². The van der Waals surface area contributed by atoms with Crippen LogP contribution in [0.5, 0.6) is 11.5 Å². The number of amides is 1. The molecule has 0 atom stereocenters. The standard InChI is InChI=1S/C22H23N3O5S2/c1-24-17-12-18-19(30-14-29-18)13-20(17)31-22(24)23-21(26)15-6-8-16(9-7-15)32(27,28)25-10-4-2-3-5-11-25/h6-9,12-13H,2-5,10-11,14H2,1H3. The zero-order valence-electron chi connectivity index (χ0n) is 17.6. The molecule has 1 aromatic heterocycles. The van der Waals surface area contributed by atoms with Gasteiger partial charge in [-0.1, -0.05) is 24.2 Å². The number of ether oxygens (including phenoxy) is 2. The van der Waals surface area contributed by atoms with E-state index in [1.165, 1.54) is 35.6 Å². The Bertz CT molecular complexity index is 1350. The average Bonchev–Trinajstić information content (AvgIpc) is 3.23. The van der Waals surface area contributed by atoms with Crippen LogP contribution in [0, 0.1) is 0 Å². The van der Waals surface area contributed by atoms with Crippen molar-refractivity contribution in [3.63, 3.8) is 0 Å². The fraction of sp³-hybridized carbons (Fsp3) is 0.364. The molecule has 0 radical (unpaired) electrons. The Kier molecular flexibility index (Phi) is 5.52. The summed E-state index contributed by atoms with van der Waals surface area (Å²) in [5, 5.41) is 0. The van der Waals surface area contributed by atoms with Gasteiger partial charge in [0.05, 0.1) is 15.1 Å². The molecule has 2 aliphatic heterocycles. The molecule has 5 rings (SSSR count). The topological polar surface area (TPSA) is 90.2 Å². The van der Waals surface area contributed by atoms with Gasteiger partial charge in [0.25, 0.3) is 5.91 Å². The second-order valence-electron chi connectivity index (χ2n) is 7.88. The van der Waals surface area contributed by atoms with Gasteiger partial charge < -0.3 is 14.0 Å². The third-order valence-electron chi connectivity index (χ3n) is 5.80. The lowest BCUT2D eigenvalue weighted by Gasteiger charge is -2.19. The lowest BCUT2D eigenvalue weighted by Crippen LogP contribution is -2.31. The van der Waals surface area contributed by atoms with E-state index in [4.69, 9.17) is 9.47 Å². The lowest BCUT2D eigenvalue weighted by molar-refractivity contribution is 0.0998. The van der Waals surface area contributed by atoms with Gasteiger partial charge in [-0.2, -0.15) is 9.30 Å². The van der Waals surface area contributed by atoms with Crippen molar-refractivity contribution in [2.45, 2.75) is 30.6 Å². The number of carbonyl (C=O) groups excluding carboxylic acids is 1. The number of hydrogen-bond donors (Lipinski definition) is 0. The van der Waals surface area contributed by atoms with Crippen molar-refractivity contribution in [1.29, 1.82) is 0 Å². The fourth-order valence-electron chi connectivity index (χ4n) is 3.98. The molecule has 168 valence electrons. The number of hydrogen-bond acceptors (Lipinski definition) is 6. The van der Waals surface area contributed by atoms with Crippen molar-refractivity contribution in [3.05, 3.63) is 46.8 Å². The Labute approximate surface area is 189 Å². The number of aromatic nitrogens is 1. The Hall–Kier alpha value is -2.69. The summed E-state index contributed by atoms with van der Waals surface area (Å²) in [6.45, 7) is 1.29. The van der Waals surface area contributed by atoms with Crippen LogP contribution >= 0.6 is 11.3 Å². The highest BCUT2D eigenvalue weighted by molar-refractivity contribution is 7.89. The van der Waals surface area contributed by atoms with E-state index in [9.17, 15) is 13.2 Å². The molecule has 0 aliphatic carbocycles. The first-order valence-corrected chi connectivity index (χ1v) is 12.8. The fourth-order valence-corrected chi connectivity index (χ4v) is 6.52. The van der Waals surface area contributed by atoms with Gasteiger partial charge in [-0.25, -0.2) is 8.42 Å². The summed E-state index contributed by atoms with van der Waals surface area (Å²) in [4.78, 5) is 17.8. The van der Waals surface area contributed by atoms with Crippen LogP contribution < -0.4 is 14.3 Å². The largest absolute Gasteiger partial charge is 0.454 e. The van der Waals surface area contributed by atoms with E-state index in [1.54, 1.807) is 4.31 Å². The van der Waals surface area contributed by atoms with E-state index >= 15 is 0 Å². The molecule has 0 spiro atoms. The molecule has 0 saturated carbocycles. The molecular formula is C22H23N3O5S2. The van der Waals surface area contributed by atoms with Crippen LogP contribution in [0.1, 0.15) is 36.0 Å². The number of rotatable bonds is 3. The van der Waals surface area contributed by atoms with E-state index < -0.39 is 15.9 Å². The van der Waals surface area contributed by atoms with Crippen molar-refractivity contribution >= 4 is 37.5 Å². The Morgan fingerprint density at radius 1 is 1.00 bits per heavy atom. The number of aryl methyl sites for hydroxylation is 1. The molecule has 1 saturated heterocycles. The Morgan fingerprint density at radius 3 is 2.34 bits per heavy atom. The smallest absolute Gasteiger partial charge is 0.279 e. The molecular weight excluding hydrogens is 450 g/mol. The number of fused-ring (bicyclic) bond motifs is 2. The van der Waals surface area contributed by atoms with E-state index in [2.05, 4.69) is 4.99 Å². The van der Waals surface area contributed by atoms with Crippen molar-refractivity contribution in [2.24, 2.45) is 12.0 Å². The van der Waals surface area contributed by atoms with Crippen molar-refractivity contribution in [2.75, 3.05) is 19.9 Å². The minimum atomic E-state index is -3.55. The highest BCUT2D eigenvalue weighted by Gasteiger charge is 2.25. The first-order valence-electron chi connectivity index (χ1n) is 10.5. The van der Waals surface area contributed by atoms with Crippen LogP contribution in [-0.2, 0) is 17.1 Å². The van der Waals surface area contributed by atoms with Crippen LogP contribution in [0.25, 0.3) is 10.2 Å². The molecule has 1 amide bonds. The molecule has 0 unspecified atom stereocenters. The van der Waals surface area contributed by atoms with Gasteiger partial charge in [0.15, 0.2) is 16.3 Å². The normalized spacial score (nSPS) is 17.6. The maximum atomic E-state index is 12.9. The van der Waals surface area contributed by atoms with Crippen LogP contribution in [0.2, 0.25) is 0 Å². The zero-order valence-corrected chi connectivity index (χ0v) is 19.2. The van der Waals surface area contributed by atoms with Crippen molar-refractivity contribution in [1.82, 2.24) is 8.87 Å². The quantitative estimate of drug-likeness (QED) is 0.582. The predicted octanol–water partition coefficient (Wildman–Crippen LogP) is 3.27. The van der Waals surface area contributed by atoms with E-state index in [1.807, 2.05) is 23.7 Å². The van der Waals surface area contributed by atoms with Crippen LogP contribution in [0.3, 0.4) is 0 Å². The molecule has 1 fully saturated rings. The molecule has 3 aromatic rings. The Balaban J connectivity index is 1.42. The van der Waals surface area contributed by atoms with Crippen LogP contribution in [0.4, 0.5) is 0 Å². The van der Waals surface area contributed by atoms with Crippen LogP contribution in [-0.4, -0.2) is 43.1 Å². The second-order valence-corrected chi connectivity index (χ2v) is 10.8. The molecule has 10 heteroatoms. The summed E-state index contributed by atoms with van der Waals surface area (Å²) in [6.07, 6.45) is 3.86. The SMILES string of the molecule is Cn1c(=NC(=O)c2ccc(S(=O)(=O)N3CCCCCC3)cc2)sc2cc3c(cc21)OCO3. The van der Waals surface area contributed by atoms with Crippen LogP contribution in [0.15, 0.2) is 46.3 Å². The molecule has 0 N–H and O–H groups in total. The highest BCUT2D eigenvalue weighted by Crippen LogP contribution is 2.36. The first-order chi connectivity index (χ1) is 15.4. The highest BCUT2D eigenvalue weighted by atomic mass is 32.2. The molecule has 0 bridgehead atoms. The molecule has 2 aromatic carbocycles. The number of sulfonamides is 1. The third kappa shape index (κ3) is 3.82. The number of benzene rings is 2. The average molecular weight is 474 g/mol. The minimum absolute atomic E-state index is 0.204. The summed E-state index contributed by atoms with van der Waals surface area (Å²) < 4.78 is 41.0. The molecule has 8 nitrogen and oxygen atoms in total. The van der Waals surface area contributed by atoms with Gasteiger partial charge in [0.1, 0.15) is 0 Å². The second kappa shape index (κ2) is 8.34. The predicted molar refractivity (Wildman–Crippen MR) is 120 cm³/mol. The van der Waals surface area contributed by atoms with E-state index in [0.29, 0.717) is 35.0 Å². The monoisotopic (exact) mass is 473 g/mol. The zero-order chi connectivity index (χ0) is 22.3. The molecule has 2 aliphatic rings. The van der Waals surface area contributed by atoms with Crippen molar-refractivity contribution < 1.29 is 22.7 Å². The van der Waals surface area contributed by atoms with Gasteiger partial charge in [-0.05, 0) is 37.1 Å². The Morgan fingerprint density at radius 2 is 1.66 bits per heavy atom. The lowest BCUT2D eigenvalue weighted by atomic mass is 10.2. The third-order valence-corrected chi connectivity index (χ3v) is 8.81. The summed E-state index contributed by atoms with van der Waals surface area (Å²) >= 11 is 1.38. The van der Waals surface area contributed by atoms with Gasteiger partial charge in [0.2, 0.25) is 16.8 Å². The van der Waals surface area contributed by atoms with E-state index in [0.717, 1.165) is 35.9 Å². The summed E-state index contributed by atoms with van der Waals surface area (Å²) in [5.74, 6) is 0.925. The molecule has 32 heavy (non-hydrogen) atoms. The van der Waals surface area contributed by atoms with Gasteiger partial charge in [-0.15, -0.1) is 0 Å². The first kappa shape index (κ1) is 21.2. The number of carbonyl (C=O) groups is 1. The maximum absolute atomic E-state index is 12.9. The van der Waals surface area contributed by atoms with Crippen molar-refractivity contribution in [3.8, 4) is 11.5 Å². The summed E-state index contributed by atoms with van der Waals surface area (Å²) in [6, 6.07) is 9.80. The van der Waals surface area contributed by atoms with E-state index in [-0.39, 0.29) is 11.7 Å². The summed E-state index contributed by atoms with van der Waals surface area (Å²) in [5.41, 5.74) is 1.23. The maximum Gasteiger partial charge on any atom is 0.279 e. The minimum Gasteiger partial charge on any atom is -0.454 e. The number of nitrogens with zero attached hydrogens (tertiary/aromatic N) is 3. The summed E-state index contributed by atoms with van der Waals surface area (Å²) in [7, 11) is -1.71.